The summed E-state index contributed by atoms with van der Waals surface area (Å²) in [6.45, 7) is 4.26. The molecule has 2 aromatic rings. The molecule has 108 valence electrons. The van der Waals surface area contributed by atoms with Crippen LogP contribution in [0.3, 0.4) is 0 Å². The van der Waals surface area contributed by atoms with Gasteiger partial charge in [0.05, 0.1) is 5.56 Å². The average molecular weight is 281 g/mol. The monoisotopic (exact) mass is 281 g/mol. The second-order valence-corrected chi connectivity index (χ2v) is 5.26. The van der Waals surface area contributed by atoms with Crippen molar-refractivity contribution in [2.24, 2.45) is 0 Å². The third kappa shape index (κ3) is 2.75. The van der Waals surface area contributed by atoms with Crippen LogP contribution in [0.2, 0.25) is 0 Å². The van der Waals surface area contributed by atoms with E-state index in [1.165, 1.54) is 11.1 Å². The minimum Gasteiger partial charge on any atom is -0.369 e. The summed E-state index contributed by atoms with van der Waals surface area (Å²) < 4.78 is 0. The number of nitrogens with zero attached hydrogens (tertiary/aromatic N) is 2. The SMILES string of the molecule is CCCNc1ncccc1C(=O)N1Cc2ccccc2C1. The first-order valence-electron chi connectivity index (χ1n) is 7.34. The van der Waals surface area contributed by atoms with Gasteiger partial charge in [-0.15, -0.1) is 0 Å². The maximum atomic E-state index is 12.7. The Kier molecular flexibility index (Phi) is 3.86. The predicted molar refractivity (Wildman–Crippen MR) is 83.0 cm³/mol. The molecule has 3 rings (SSSR count). The summed E-state index contributed by atoms with van der Waals surface area (Å²) in [5.74, 6) is 0.721. The van der Waals surface area contributed by atoms with Gasteiger partial charge < -0.3 is 10.2 Å². The van der Waals surface area contributed by atoms with Crippen LogP contribution in [0.15, 0.2) is 42.6 Å². The van der Waals surface area contributed by atoms with Crippen molar-refractivity contribution in [2.75, 3.05) is 11.9 Å². The number of carbonyl (C=O) groups excluding carboxylic acids is 1. The van der Waals surface area contributed by atoms with E-state index in [4.69, 9.17) is 0 Å². The van der Waals surface area contributed by atoms with Gasteiger partial charge in [-0.25, -0.2) is 4.98 Å². The normalized spacial score (nSPS) is 13.1. The molecule has 1 aliphatic rings. The molecule has 1 aliphatic heterocycles. The quantitative estimate of drug-likeness (QED) is 0.936. The minimum atomic E-state index is 0.0397. The van der Waals surface area contributed by atoms with Crippen LogP contribution >= 0.6 is 0 Å². The molecule has 0 fully saturated rings. The summed E-state index contributed by atoms with van der Waals surface area (Å²) in [5, 5.41) is 3.23. The highest BCUT2D eigenvalue weighted by Gasteiger charge is 2.25. The van der Waals surface area contributed by atoms with Gasteiger partial charge in [0.25, 0.3) is 5.91 Å². The van der Waals surface area contributed by atoms with Crippen molar-refractivity contribution in [1.82, 2.24) is 9.88 Å². The summed E-state index contributed by atoms with van der Waals surface area (Å²) >= 11 is 0. The van der Waals surface area contributed by atoms with Crippen molar-refractivity contribution in [1.29, 1.82) is 0 Å². The molecular formula is C17H19N3O. The van der Waals surface area contributed by atoms with Crippen molar-refractivity contribution >= 4 is 11.7 Å². The van der Waals surface area contributed by atoms with E-state index < -0.39 is 0 Å². The molecule has 1 aromatic carbocycles. The molecule has 1 N–H and O–H groups in total. The van der Waals surface area contributed by atoms with Gasteiger partial charge in [-0.3, -0.25) is 4.79 Å². The number of pyridine rings is 1. The first kappa shape index (κ1) is 13.6. The zero-order valence-electron chi connectivity index (χ0n) is 12.2. The first-order valence-corrected chi connectivity index (χ1v) is 7.34. The molecule has 1 aromatic heterocycles. The lowest BCUT2D eigenvalue weighted by Crippen LogP contribution is -2.26. The van der Waals surface area contributed by atoms with Crippen molar-refractivity contribution in [3.05, 3.63) is 59.3 Å². The van der Waals surface area contributed by atoms with Gasteiger partial charge in [-0.2, -0.15) is 0 Å². The van der Waals surface area contributed by atoms with Crippen molar-refractivity contribution in [2.45, 2.75) is 26.4 Å². The van der Waals surface area contributed by atoms with Crippen molar-refractivity contribution in [3.63, 3.8) is 0 Å². The Bertz CT molecular complexity index is 629. The number of amides is 1. The number of aromatic nitrogens is 1. The van der Waals surface area contributed by atoms with E-state index in [-0.39, 0.29) is 5.91 Å². The zero-order valence-corrected chi connectivity index (χ0v) is 12.2. The van der Waals surface area contributed by atoms with E-state index in [1.807, 2.05) is 29.2 Å². The Morgan fingerprint density at radius 3 is 2.57 bits per heavy atom. The summed E-state index contributed by atoms with van der Waals surface area (Å²) in [5.41, 5.74) is 3.12. The van der Waals surface area contributed by atoms with Gasteiger partial charge in [0.2, 0.25) is 0 Å². The summed E-state index contributed by atoms with van der Waals surface area (Å²) in [6, 6.07) is 11.9. The van der Waals surface area contributed by atoms with Crippen LogP contribution < -0.4 is 5.32 Å². The summed E-state index contributed by atoms with van der Waals surface area (Å²) in [6.07, 6.45) is 2.72. The molecule has 0 saturated carbocycles. The molecule has 4 nitrogen and oxygen atoms in total. The lowest BCUT2D eigenvalue weighted by Gasteiger charge is -2.17. The molecule has 0 radical (unpaired) electrons. The lowest BCUT2D eigenvalue weighted by atomic mass is 10.1. The highest BCUT2D eigenvalue weighted by atomic mass is 16.2. The van der Waals surface area contributed by atoms with Gasteiger partial charge in [-0.05, 0) is 29.7 Å². The molecule has 0 spiro atoms. The Morgan fingerprint density at radius 1 is 1.19 bits per heavy atom. The molecule has 1 amide bonds. The molecule has 4 heteroatoms. The predicted octanol–water partition coefficient (Wildman–Crippen LogP) is 3.06. The molecule has 2 heterocycles. The minimum absolute atomic E-state index is 0.0397. The maximum Gasteiger partial charge on any atom is 0.258 e. The topological polar surface area (TPSA) is 45.2 Å². The van der Waals surface area contributed by atoms with Gasteiger partial charge in [0.15, 0.2) is 0 Å². The molecule has 0 bridgehead atoms. The second kappa shape index (κ2) is 5.95. The van der Waals surface area contributed by atoms with Crippen LogP contribution in [0.25, 0.3) is 0 Å². The van der Waals surface area contributed by atoms with E-state index in [9.17, 15) is 4.79 Å². The number of rotatable bonds is 4. The molecule has 0 saturated heterocycles. The fraction of sp³-hybridized carbons (Fsp3) is 0.294. The third-order valence-corrected chi connectivity index (χ3v) is 3.71. The average Bonchev–Trinajstić information content (AvgIpc) is 2.96. The fourth-order valence-corrected chi connectivity index (χ4v) is 2.61. The van der Waals surface area contributed by atoms with Crippen LogP contribution in [-0.2, 0) is 13.1 Å². The number of hydrogen-bond acceptors (Lipinski definition) is 3. The Hall–Kier alpha value is -2.36. The Labute approximate surface area is 124 Å². The van der Waals surface area contributed by atoms with E-state index >= 15 is 0 Å². The number of benzene rings is 1. The van der Waals surface area contributed by atoms with E-state index in [2.05, 4.69) is 29.4 Å². The number of hydrogen-bond donors (Lipinski definition) is 1. The standard InChI is InChI=1S/C17H19N3O/c1-2-9-18-16-15(8-5-10-19-16)17(21)20-11-13-6-3-4-7-14(13)12-20/h3-8,10H,2,9,11-12H2,1H3,(H,18,19). The first-order chi connectivity index (χ1) is 10.3. The number of anilines is 1. The van der Waals surface area contributed by atoms with Gasteiger partial charge in [-0.1, -0.05) is 31.2 Å². The van der Waals surface area contributed by atoms with E-state index in [0.717, 1.165) is 13.0 Å². The zero-order chi connectivity index (χ0) is 14.7. The molecule has 0 unspecified atom stereocenters. The molecule has 21 heavy (non-hydrogen) atoms. The van der Waals surface area contributed by atoms with Crippen molar-refractivity contribution in [3.8, 4) is 0 Å². The fourth-order valence-electron chi connectivity index (χ4n) is 2.61. The van der Waals surface area contributed by atoms with Gasteiger partial charge in [0.1, 0.15) is 5.82 Å². The van der Waals surface area contributed by atoms with Crippen molar-refractivity contribution < 1.29 is 4.79 Å². The lowest BCUT2D eigenvalue weighted by molar-refractivity contribution is 0.0752. The number of nitrogens with one attached hydrogen (secondary N) is 1. The second-order valence-electron chi connectivity index (χ2n) is 5.26. The summed E-state index contributed by atoms with van der Waals surface area (Å²) in [4.78, 5) is 18.9. The maximum absolute atomic E-state index is 12.7. The Morgan fingerprint density at radius 2 is 1.90 bits per heavy atom. The van der Waals surface area contributed by atoms with E-state index in [1.54, 1.807) is 6.20 Å². The van der Waals surface area contributed by atoms with E-state index in [0.29, 0.717) is 24.5 Å². The van der Waals surface area contributed by atoms with Crippen LogP contribution in [0.1, 0.15) is 34.8 Å². The highest BCUT2D eigenvalue weighted by molar-refractivity contribution is 5.98. The van der Waals surface area contributed by atoms with Crippen LogP contribution in [0.5, 0.6) is 0 Å². The molecular weight excluding hydrogens is 262 g/mol. The van der Waals surface area contributed by atoms with Gasteiger partial charge >= 0.3 is 0 Å². The Balaban J connectivity index is 1.81. The number of fused-ring (bicyclic) bond motifs is 1. The van der Waals surface area contributed by atoms with Gasteiger partial charge in [0, 0.05) is 25.8 Å². The van der Waals surface area contributed by atoms with Crippen LogP contribution in [0.4, 0.5) is 5.82 Å². The summed E-state index contributed by atoms with van der Waals surface area (Å²) in [7, 11) is 0. The number of carbonyl (C=O) groups is 1. The van der Waals surface area contributed by atoms with Crippen LogP contribution in [0, 0.1) is 0 Å². The largest absolute Gasteiger partial charge is 0.369 e. The van der Waals surface area contributed by atoms with Crippen LogP contribution in [-0.4, -0.2) is 22.3 Å². The third-order valence-electron chi connectivity index (χ3n) is 3.71. The highest BCUT2D eigenvalue weighted by Crippen LogP contribution is 2.25. The molecule has 0 aliphatic carbocycles. The molecule has 0 atom stereocenters. The smallest absolute Gasteiger partial charge is 0.258 e.